The molecule has 0 atom stereocenters. The molecule has 3 aromatic rings. The normalized spacial score (nSPS) is 11.0. The fourth-order valence-electron chi connectivity index (χ4n) is 1.48. The Morgan fingerprint density at radius 1 is 1.42 bits per heavy atom. The van der Waals surface area contributed by atoms with E-state index in [1.165, 1.54) is 6.33 Å². The summed E-state index contributed by atoms with van der Waals surface area (Å²) in [6.45, 7) is 0. The number of hydrogen-bond donors (Lipinski definition) is 2. The van der Waals surface area contributed by atoms with Crippen LogP contribution in [0.25, 0.3) is 11.1 Å². The molecular weight excluding hydrogens is 332 g/mol. The van der Waals surface area contributed by atoms with Crippen LogP contribution in [0.5, 0.6) is 0 Å². The maximum Gasteiger partial charge on any atom is 0.266 e. The summed E-state index contributed by atoms with van der Waals surface area (Å²) >= 11 is 4.34. The van der Waals surface area contributed by atoms with Crippen LogP contribution >= 0.6 is 27.7 Å². The number of aromatic amines is 1. The topological polar surface area (TPSA) is 97.8 Å². The predicted molar refractivity (Wildman–Crippen MR) is 75.1 cm³/mol. The van der Waals surface area contributed by atoms with E-state index in [4.69, 9.17) is 10.2 Å². The van der Waals surface area contributed by atoms with Crippen molar-refractivity contribution < 1.29 is 4.42 Å². The van der Waals surface area contributed by atoms with E-state index < -0.39 is 0 Å². The first kappa shape index (κ1) is 12.2. The maximum atomic E-state index is 11.4. The fourth-order valence-corrected chi connectivity index (χ4v) is 2.67. The van der Waals surface area contributed by atoms with Crippen LogP contribution in [-0.2, 0) is 0 Å². The second kappa shape index (κ2) is 4.71. The summed E-state index contributed by atoms with van der Waals surface area (Å²) in [6.07, 6.45) is 1.33. The SMILES string of the molecule is Nc1ccc2nc(Sc3nc[nH]c(=O)c3Br)oc2c1. The lowest BCUT2D eigenvalue weighted by atomic mass is 10.3. The first-order valence-corrected chi connectivity index (χ1v) is 6.81. The van der Waals surface area contributed by atoms with E-state index in [0.29, 0.717) is 31.5 Å². The van der Waals surface area contributed by atoms with Crippen LogP contribution in [0, 0.1) is 0 Å². The Kier molecular flexibility index (Phi) is 3.03. The third-order valence-corrected chi connectivity index (χ3v) is 4.19. The number of nitrogens with zero attached hydrogens (tertiary/aromatic N) is 2. The van der Waals surface area contributed by atoms with Gasteiger partial charge in [-0.25, -0.2) is 9.97 Å². The van der Waals surface area contributed by atoms with Gasteiger partial charge in [0.1, 0.15) is 15.0 Å². The zero-order valence-electron chi connectivity index (χ0n) is 9.38. The van der Waals surface area contributed by atoms with Crippen LogP contribution in [0.1, 0.15) is 0 Å². The maximum absolute atomic E-state index is 11.4. The summed E-state index contributed by atoms with van der Waals surface area (Å²) in [5, 5.41) is 0.891. The molecule has 19 heavy (non-hydrogen) atoms. The Balaban J connectivity index is 2.01. The van der Waals surface area contributed by atoms with Crippen molar-refractivity contribution in [2.75, 3.05) is 5.73 Å². The van der Waals surface area contributed by atoms with Gasteiger partial charge < -0.3 is 15.1 Å². The van der Waals surface area contributed by atoms with Gasteiger partial charge in [0.2, 0.25) is 0 Å². The van der Waals surface area contributed by atoms with E-state index in [9.17, 15) is 4.79 Å². The molecule has 0 saturated heterocycles. The first-order valence-electron chi connectivity index (χ1n) is 5.20. The third-order valence-electron chi connectivity index (χ3n) is 2.34. The Morgan fingerprint density at radius 3 is 3.11 bits per heavy atom. The number of oxazole rings is 1. The highest BCUT2D eigenvalue weighted by molar-refractivity contribution is 9.10. The van der Waals surface area contributed by atoms with Crippen LogP contribution < -0.4 is 11.3 Å². The molecule has 2 heterocycles. The molecule has 0 amide bonds. The minimum atomic E-state index is -0.252. The van der Waals surface area contributed by atoms with Crippen LogP contribution in [0.4, 0.5) is 5.69 Å². The second-order valence-corrected chi connectivity index (χ2v) is 5.39. The van der Waals surface area contributed by atoms with Gasteiger partial charge in [0.25, 0.3) is 10.8 Å². The minimum absolute atomic E-state index is 0.252. The van der Waals surface area contributed by atoms with Crippen LogP contribution in [0.15, 0.2) is 48.5 Å². The number of H-pyrrole nitrogens is 1. The van der Waals surface area contributed by atoms with Crippen molar-refractivity contribution in [1.29, 1.82) is 0 Å². The molecule has 8 heteroatoms. The number of nitrogens with one attached hydrogen (secondary N) is 1. The Labute approximate surface area is 119 Å². The number of rotatable bonds is 2. The zero-order chi connectivity index (χ0) is 13.4. The number of fused-ring (bicyclic) bond motifs is 1. The van der Waals surface area contributed by atoms with Crippen molar-refractivity contribution >= 4 is 44.5 Å². The lowest BCUT2D eigenvalue weighted by Gasteiger charge is -1.97. The van der Waals surface area contributed by atoms with Crippen LogP contribution in [-0.4, -0.2) is 15.0 Å². The number of aromatic nitrogens is 3. The Hall–Kier alpha value is -1.80. The third kappa shape index (κ3) is 2.36. The average Bonchev–Trinajstić information content (AvgIpc) is 2.76. The Bertz CT molecular complexity index is 814. The number of nitrogens with two attached hydrogens (primary N) is 1. The van der Waals surface area contributed by atoms with Gasteiger partial charge in [-0.15, -0.1) is 0 Å². The summed E-state index contributed by atoms with van der Waals surface area (Å²) in [4.78, 5) is 22.2. The van der Waals surface area contributed by atoms with Crippen molar-refractivity contribution in [2.24, 2.45) is 0 Å². The standard InChI is InChI=1S/C11H7BrN4O2S/c12-8-9(17)14-4-15-10(8)19-11-16-6-2-1-5(13)3-7(6)18-11/h1-4H,13H2,(H,14,15,17). The molecule has 0 aliphatic heterocycles. The number of anilines is 1. The lowest BCUT2D eigenvalue weighted by Crippen LogP contribution is -2.07. The summed E-state index contributed by atoms with van der Waals surface area (Å²) in [6, 6.07) is 5.23. The molecule has 0 saturated carbocycles. The van der Waals surface area contributed by atoms with Gasteiger partial charge in [-0.1, -0.05) is 0 Å². The number of hydrogen-bond acceptors (Lipinski definition) is 6. The van der Waals surface area contributed by atoms with E-state index in [0.717, 1.165) is 11.8 Å². The molecule has 0 radical (unpaired) electrons. The summed E-state index contributed by atoms with van der Waals surface area (Å²) in [5.74, 6) is 0. The second-order valence-electron chi connectivity index (χ2n) is 3.66. The molecule has 3 rings (SSSR count). The van der Waals surface area contributed by atoms with E-state index in [2.05, 4.69) is 30.9 Å². The largest absolute Gasteiger partial charge is 0.431 e. The smallest absolute Gasteiger partial charge is 0.266 e. The Morgan fingerprint density at radius 2 is 2.26 bits per heavy atom. The van der Waals surface area contributed by atoms with E-state index in [-0.39, 0.29) is 5.56 Å². The summed E-state index contributed by atoms with van der Waals surface area (Å²) in [7, 11) is 0. The van der Waals surface area contributed by atoms with Gasteiger partial charge in [-0.2, -0.15) is 0 Å². The molecule has 96 valence electrons. The van der Waals surface area contributed by atoms with Gasteiger partial charge in [0, 0.05) is 11.8 Å². The molecule has 0 aliphatic carbocycles. The van der Waals surface area contributed by atoms with E-state index in [1.54, 1.807) is 18.2 Å². The van der Waals surface area contributed by atoms with E-state index >= 15 is 0 Å². The van der Waals surface area contributed by atoms with Gasteiger partial charge in [-0.05, 0) is 39.8 Å². The first-order chi connectivity index (χ1) is 9.13. The minimum Gasteiger partial charge on any atom is -0.431 e. The molecular formula is C11H7BrN4O2S. The van der Waals surface area contributed by atoms with Crippen molar-refractivity contribution in [3.63, 3.8) is 0 Å². The molecule has 0 fully saturated rings. The molecule has 0 unspecified atom stereocenters. The zero-order valence-corrected chi connectivity index (χ0v) is 11.8. The van der Waals surface area contributed by atoms with Gasteiger partial charge in [0.05, 0.1) is 6.33 Å². The van der Waals surface area contributed by atoms with Crippen molar-refractivity contribution in [3.8, 4) is 0 Å². The monoisotopic (exact) mass is 338 g/mol. The highest BCUT2D eigenvalue weighted by atomic mass is 79.9. The van der Waals surface area contributed by atoms with E-state index in [1.807, 2.05) is 0 Å². The van der Waals surface area contributed by atoms with Crippen LogP contribution in [0.3, 0.4) is 0 Å². The van der Waals surface area contributed by atoms with Gasteiger partial charge >= 0.3 is 0 Å². The predicted octanol–water partition coefficient (Wildman–Crippen LogP) is 2.41. The average molecular weight is 339 g/mol. The van der Waals surface area contributed by atoms with Crippen molar-refractivity contribution in [1.82, 2.24) is 15.0 Å². The molecule has 6 nitrogen and oxygen atoms in total. The number of halogens is 1. The van der Waals surface area contributed by atoms with Crippen molar-refractivity contribution in [2.45, 2.75) is 10.2 Å². The molecule has 3 N–H and O–H groups in total. The summed E-state index contributed by atoms with van der Waals surface area (Å²) < 4.78 is 5.90. The quantitative estimate of drug-likeness (QED) is 0.550. The van der Waals surface area contributed by atoms with Gasteiger partial charge in [0.15, 0.2) is 5.58 Å². The number of nitrogen functional groups attached to an aromatic ring is 1. The molecule has 0 spiro atoms. The highest BCUT2D eigenvalue weighted by Crippen LogP contribution is 2.31. The summed E-state index contributed by atoms with van der Waals surface area (Å²) in [5.41, 5.74) is 7.33. The van der Waals surface area contributed by atoms with Gasteiger partial charge in [-0.3, -0.25) is 4.79 Å². The molecule has 0 aliphatic rings. The lowest BCUT2D eigenvalue weighted by molar-refractivity contribution is 0.489. The van der Waals surface area contributed by atoms with Crippen molar-refractivity contribution in [3.05, 3.63) is 39.4 Å². The molecule has 2 aromatic heterocycles. The number of benzene rings is 1. The fraction of sp³-hybridized carbons (Fsp3) is 0. The molecule has 0 bridgehead atoms. The van der Waals surface area contributed by atoms with Crippen LogP contribution in [0.2, 0.25) is 0 Å². The molecule has 1 aromatic carbocycles. The highest BCUT2D eigenvalue weighted by Gasteiger charge is 2.12.